The number of rotatable bonds is 6. The molecule has 3 aromatic heterocycles. The van der Waals surface area contributed by atoms with Crippen LogP contribution in [0.2, 0.25) is 0 Å². The van der Waals surface area contributed by atoms with Crippen LogP contribution < -0.4 is 4.72 Å². The highest BCUT2D eigenvalue weighted by atomic mass is 79.9. The minimum absolute atomic E-state index is 0.0751. The van der Waals surface area contributed by atoms with Gasteiger partial charge in [0.05, 0.1) is 39.3 Å². The Morgan fingerprint density at radius 3 is 2.68 bits per heavy atom. The number of benzene rings is 1. The molecular formula is C20H17BrN4O4S2. The molecule has 0 aliphatic rings. The Bertz CT molecular complexity index is 1370. The van der Waals surface area contributed by atoms with Crippen molar-refractivity contribution in [2.24, 2.45) is 0 Å². The van der Waals surface area contributed by atoms with Crippen molar-refractivity contribution in [2.45, 2.75) is 18.7 Å². The highest BCUT2D eigenvalue weighted by Gasteiger charge is 2.28. The molecule has 0 aliphatic carbocycles. The van der Waals surface area contributed by atoms with Crippen LogP contribution in [0.5, 0.6) is 0 Å². The molecule has 2 N–H and O–H groups in total. The molecule has 0 bridgehead atoms. The summed E-state index contributed by atoms with van der Waals surface area (Å²) in [4.78, 5) is 18.8. The summed E-state index contributed by atoms with van der Waals surface area (Å²) in [7, 11) is -3.97. The third kappa shape index (κ3) is 3.95. The van der Waals surface area contributed by atoms with Crippen molar-refractivity contribution < 1.29 is 17.9 Å². The number of H-pyrrole nitrogens is 1. The molecule has 0 amide bonds. The van der Waals surface area contributed by atoms with Crippen molar-refractivity contribution in [3.8, 4) is 10.4 Å². The molecule has 4 aromatic rings. The number of aromatic nitrogens is 3. The molecule has 0 radical (unpaired) electrons. The number of hydrogen-bond acceptors (Lipinski definition) is 7. The second-order valence-corrected chi connectivity index (χ2v) is 9.97. The van der Waals surface area contributed by atoms with E-state index in [2.05, 4.69) is 35.8 Å². The number of nitrogens with zero attached hydrogens (tertiary/aromatic N) is 2. The summed E-state index contributed by atoms with van der Waals surface area (Å²) in [6.45, 7) is 3.48. The molecule has 3 heterocycles. The lowest BCUT2D eigenvalue weighted by Gasteiger charge is -2.15. The van der Waals surface area contributed by atoms with Gasteiger partial charge in [-0.1, -0.05) is 18.2 Å². The maximum Gasteiger partial charge on any atom is 0.342 e. The fourth-order valence-corrected chi connectivity index (χ4v) is 6.32. The standard InChI is InChI=1S/C20H17BrN4O4S2/c1-3-29-20(26)14-11(2)24-19-15(16(21)18(30-19)12-9-22-23-10-12)17(14)25-31(27,28)13-7-5-4-6-8-13/h4-10H,3H2,1-2H3,(H,22,23)(H,24,25). The molecular weight excluding hydrogens is 504 g/mol. The maximum absolute atomic E-state index is 13.1. The van der Waals surface area contributed by atoms with E-state index in [0.29, 0.717) is 20.4 Å². The van der Waals surface area contributed by atoms with E-state index in [-0.39, 0.29) is 22.8 Å². The summed E-state index contributed by atoms with van der Waals surface area (Å²) < 4.78 is 34.7. The minimum atomic E-state index is -3.97. The topological polar surface area (TPSA) is 114 Å². The van der Waals surface area contributed by atoms with Crippen LogP contribution in [0.1, 0.15) is 23.0 Å². The van der Waals surface area contributed by atoms with Crippen LogP contribution in [0.15, 0.2) is 52.1 Å². The molecule has 1 aromatic carbocycles. The number of carbonyl (C=O) groups excluding carboxylic acids is 1. The van der Waals surface area contributed by atoms with Gasteiger partial charge < -0.3 is 4.74 Å². The van der Waals surface area contributed by atoms with Crippen molar-refractivity contribution in [3.63, 3.8) is 0 Å². The molecule has 0 aliphatic heterocycles. The van der Waals surface area contributed by atoms with Crippen LogP contribution in [0.3, 0.4) is 0 Å². The predicted octanol–water partition coefficient (Wildman–Crippen LogP) is 4.73. The number of pyridine rings is 1. The van der Waals surface area contributed by atoms with Gasteiger partial charge in [-0.15, -0.1) is 11.3 Å². The van der Waals surface area contributed by atoms with Crippen molar-refractivity contribution in [2.75, 3.05) is 11.3 Å². The summed E-state index contributed by atoms with van der Waals surface area (Å²) >= 11 is 4.94. The maximum atomic E-state index is 13.1. The second-order valence-electron chi connectivity index (χ2n) is 6.50. The SMILES string of the molecule is CCOC(=O)c1c(C)nc2sc(-c3cn[nH]c3)c(Br)c2c1NS(=O)(=O)c1ccccc1. The number of sulfonamides is 1. The van der Waals surface area contributed by atoms with E-state index in [1.807, 2.05) is 0 Å². The normalized spacial score (nSPS) is 11.6. The first-order valence-corrected chi connectivity index (χ1v) is 12.3. The number of aryl methyl sites for hydroxylation is 1. The lowest BCUT2D eigenvalue weighted by Crippen LogP contribution is -2.18. The van der Waals surface area contributed by atoms with Crippen LogP contribution in [-0.4, -0.2) is 36.2 Å². The number of ether oxygens (including phenoxy) is 1. The highest BCUT2D eigenvalue weighted by molar-refractivity contribution is 9.10. The smallest absolute Gasteiger partial charge is 0.342 e. The van der Waals surface area contributed by atoms with Crippen molar-refractivity contribution >= 4 is 59.2 Å². The van der Waals surface area contributed by atoms with Crippen LogP contribution in [0.4, 0.5) is 5.69 Å². The van der Waals surface area contributed by atoms with Crippen LogP contribution in [0, 0.1) is 6.92 Å². The number of carbonyl (C=O) groups is 1. The summed E-state index contributed by atoms with van der Waals surface area (Å²) in [5, 5.41) is 7.22. The number of hydrogen-bond donors (Lipinski definition) is 2. The first-order chi connectivity index (χ1) is 14.8. The molecule has 0 unspecified atom stereocenters. The first-order valence-electron chi connectivity index (χ1n) is 9.20. The predicted molar refractivity (Wildman–Crippen MR) is 123 cm³/mol. The molecule has 0 fully saturated rings. The third-order valence-corrected chi connectivity index (χ3v) is 8.05. The van der Waals surface area contributed by atoms with Gasteiger partial charge in [0.15, 0.2) is 0 Å². The average Bonchev–Trinajstić information content (AvgIpc) is 3.36. The molecule has 11 heteroatoms. The Kier molecular flexibility index (Phi) is 5.82. The van der Waals surface area contributed by atoms with Gasteiger partial charge in [0.1, 0.15) is 10.4 Å². The van der Waals surface area contributed by atoms with Gasteiger partial charge in [-0.3, -0.25) is 9.82 Å². The largest absolute Gasteiger partial charge is 0.462 e. The number of nitrogens with one attached hydrogen (secondary N) is 2. The number of esters is 1. The Balaban J connectivity index is 1.99. The van der Waals surface area contributed by atoms with Gasteiger partial charge in [0, 0.05) is 16.2 Å². The quantitative estimate of drug-likeness (QED) is 0.355. The van der Waals surface area contributed by atoms with Gasteiger partial charge in [0.2, 0.25) is 0 Å². The molecule has 0 saturated carbocycles. The molecule has 0 atom stereocenters. The Morgan fingerprint density at radius 2 is 2.03 bits per heavy atom. The number of fused-ring (bicyclic) bond motifs is 1. The fourth-order valence-electron chi connectivity index (χ4n) is 3.12. The minimum Gasteiger partial charge on any atom is -0.462 e. The van der Waals surface area contributed by atoms with E-state index in [4.69, 9.17) is 4.74 Å². The van der Waals surface area contributed by atoms with Crippen LogP contribution in [-0.2, 0) is 14.8 Å². The van der Waals surface area contributed by atoms with E-state index >= 15 is 0 Å². The van der Waals surface area contributed by atoms with Gasteiger partial charge in [-0.25, -0.2) is 18.2 Å². The molecule has 0 spiro atoms. The van der Waals surface area contributed by atoms with Gasteiger partial charge in [-0.2, -0.15) is 5.10 Å². The fraction of sp³-hybridized carbons (Fsp3) is 0.150. The van der Waals surface area contributed by atoms with Crippen molar-refractivity contribution in [3.05, 3.63) is 58.5 Å². The van der Waals surface area contributed by atoms with E-state index in [0.717, 1.165) is 10.4 Å². The van der Waals surface area contributed by atoms with E-state index in [9.17, 15) is 13.2 Å². The molecule has 0 saturated heterocycles. The summed E-state index contributed by atoms with van der Waals surface area (Å²) in [5.41, 5.74) is 1.38. The van der Waals surface area contributed by atoms with Gasteiger partial charge in [0.25, 0.3) is 10.0 Å². The Morgan fingerprint density at radius 1 is 1.29 bits per heavy atom. The van der Waals surface area contributed by atoms with Crippen LogP contribution in [0.25, 0.3) is 20.7 Å². The lowest BCUT2D eigenvalue weighted by atomic mass is 10.1. The number of anilines is 1. The zero-order valence-corrected chi connectivity index (χ0v) is 19.7. The van der Waals surface area contributed by atoms with E-state index < -0.39 is 16.0 Å². The number of aromatic amines is 1. The molecule has 8 nitrogen and oxygen atoms in total. The highest BCUT2D eigenvalue weighted by Crippen LogP contribution is 2.46. The average molecular weight is 521 g/mol. The summed E-state index contributed by atoms with van der Waals surface area (Å²) in [5.74, 6) is -0.650. The number of thiophene rings is 1. The van der Waals surface area contributed by atoms with Crippen molar-refractivity contribution in [1.29, 1.82) is 0 Å². The van der Waals surface area contributed by atoms with E-state index in [1.165, 1.54) is 23.5 Å². The van der Waals surface area contributed by atoms with Crippen LogP contribution >= 0.6 is 27.3 Å². The molecule has 31 heavy (non-hydrogen) atoms. The molecule has 4 rings (SSSR count). The first kappa shape index (κ1) is 21.5. The zero-order valence-electron chi connectivity index (χ0n) is 16.5. The molecule has 160 valence electrons. The van der Waals surface area contributed by atoms with Crippen molar-refractivity contribution in [1.82, 2.24) is 15.2 Å². The zero-order chi connectivity index (χ0) is 22.2. The monoisotopic (exact) mass is 520 g/mol. The lowest BCUT2D eigenvalue weighted by molar-refractivity contribution is 0.0526. The van der Waals surface area contributed by atoms with Gasteiger partial charge >= 0.3 is 5.97 Å². The Hall–Kier alpha value is -2.76. The second kappa shape index (κ2) is 8.40. The Labute approximate surface area is 190 Å². The van der Waals surface area contributed by atoms with E-state index in [1.54, 1.807) is 44.4 Å². The third-order valence-electron chi connectivity index (χ3n) is 4.49. The van der Waals surface area contributed by atoms with Gasteiger partial charge in [-0.05, 0) is 41.9 Å². The summed E-state index contributed by atoms with van der Waals surface area (Å²) in [6, 6.07) is 7.95. The summed E-state index contributed by atoms with van der Waals surface area (Å²) in [6.07, 6.45) is 3.38. The number of halogens is 1.